The summed E-state index contributed by atoms with van der Waals surface area (Å²) in [5.74, 6) is -0.862. The Morgan fingerprint density at radius 2 is 1.73 bits per heavy atom. The van der Waals surface area contributed by atoms with Crippen LogP contribution in [0.1, 0.15) is 18.1 Å². The number of hydrogen-bond acceptors (Lipinski definition) is 3. The van der Waals surface area contributed by atoms with Crippen molar-refractivity contribution >= 4 is 11.6 Å². The van der Waals surface area contributed by atoms with E-state index in [1.165, 1.54) is 24.5 Å². The molecule has 30 heavy (non-hydrogen) atoms. The van der Waals surface area contributed by atoms with Crippen LogP contribution in [0.2, 0.25) is 0 Å². The van der Waals surface area contributed by atoms with Gasteiger partial charge in [0.05, 0.1) is 11.3 Å². The number of rotatable bonds is 5. The largest absolute Gasteiger partial charge is 0.418 e. The summed E-state index contributed by atoms with van der Waals surface area (Å²) in [6, 6.07) is 11.6. The fourth-order valence-corrected chi connectivity index (χ4v) is 2.95. The Kier molecular flexibility index (Phi) is 5.91. The normalized spacial score (nSPS) is 11.3. The number of hydrogen-bond donors (Lipinski definition) is 1. The van der Waals surface area contributed by atoms with E-state index >= 15 is 0 Å². The standard InChI is InChI=1S/C21H18F3N3O3/c1-2-14-6-5-7-15(12-14)27-11-10-26(19(29)20(27)30)13-18(28)25-17-9-4-3-8-16(17)21(22,23)24/h3-12H,2,13H2,1H3,(H,25,28). The Morgan fingerprint density at radius 1 is 1.00 bits per heavy atom. The SMILES string of the molecule is CCc1cccc(-n2ccn(CC(=O)Nc3ccccc3C(F)(F)F)c(=O)c2=O)c1. The van der Waals surface area contributed by atoms with Crippen molar-refractivity contribution in [2.75, 3.05) is 5.32 Å². The predicted molar refractivity (Wildman–Crippen MR) is 106 cm³/mol. The van der Waals surface area contributed by atoms with E-state index in [1.54, 1.807) is 18.2 Å². The molecule has 0 saturated carbocycles. The van der Waals surface area contributed by atoms with Crippen molar-refractivity contribution in [3.63, 3.8) is 0 Å². The third kappa shape index (κ3) is 4.51. The van der Waals surface area contributed by atoms with E-state index in [0.29, 0.717) is 5.69 Å². The van der Waals surface area contributed by atoms with Gasteiger partial charge in [-0.15, -0.1) is 0 Å². The second kappa shape index (κ2) is 8.40. The highest BCUT2D eigenvalue weighted by Crippen LogP contribution is 2.34. The van der Waals surface area contributed by atoms with Crippen LogP contribution in [-0.2, 0) is 23.9 Å². The minimum Gasteiger partial charge on any atom is -0.324 e. The summed E-state index contributed by atoms with van der Waals surface area (Å²) in [4.78, 5) is 37.1. The molecule has 9 heteroatoms. The molecule has 0 radical (unpaired) electrons. The van der Waals surface area contributed by atoms with Crippen molar-refractivity contribution in [1.82, 2.24) is 9.13 Å². The van der Waals surface area contributed by atoms with Crippen LogP contribution in [0, 0.1) is 0 Å². The quantitative estimate of drug-likeness (QED) is 0.648. The molecule has 0 fully saturated rings. The molecule has 3 aromatic rings. The van der Waals surface area contributed by atoms with Crippen molar-refractivity contribution in [2.45, 2.75) is 26.1 Å². The Morgan fingerprint density at radius 3 is 2.43 bits per heavy atom. The molecular formula is C21H18F3N3O3. The number of aryl methyl sites for hydroxylation is 1. The highest BCUT2D eigenvalue weighted by atomic mass is 19.4. The molecule has 0 spiro atoms. The topological polar surface area (TPSA) is 73.1 Å². The van der Waals surface area contributed by atoms with Crippen LogP contribution in [0.5, 0.6) is 0 Å². The van der Waals surface area contributed by atoms with E-state index in [0.717, 1.165) is 33.3 Å². The highest BCUT2D eigenvalue weighted by Gasteiger charge is 2.33. The van der Waals surface area contributed by atoms with E-state index in [1.807, 2.05) is 13.0 Å². The number of nitrogens with zero attached hydrogens (tertiary/aromatic N) is 2. The molecule has 6 nitrogen and oxygen atoms in total. The average Bonchev–Trinajstić information content (AvgIpc) is 2.71. The van der Waals surface area contributed by atoms with Crippen LogP contribution < -0.4 is 16.4 Å². The van der Waals surface area contributed by atoms with Crippen molar-refractivity contribution in [3.8, 4) is 5.69 Å². The van der Waals surface area contributed by atoms with Gasteiger partial charge in [0.15, 0.2) is 0 Å². The maximum Gasteiger partial charge on any atom is 0.418 e. The van der Waals surface area contributed by atoms with Crippen LogP contribution >= 0.6 is 0 Å². The number of alkyl halides is 3. The Labute approximate surface area is 169 Å². The molecular weight excluding hydrogens is 399 g/mol. The summed E-state index contributed by atoms with van der Waals surface area (Å²) < 4.78 is 41.2. The zero-order valence-corrected chi connectivity index (χ0v) is 15.9. The molecule has 0 aliphatic rings. The van der Waals surface area contributed by atoms with Crippen molar-refractivity contribution in [3.05, 3.63) is 92.8 Å². The van der Waals surface area contributed by atoms with Gasteiger partial charge < -0.3 is 5.32 Å². The third-order valence-electron chi connectivity index (χ3n) is 4.48. The first kappa shape index (κ1) is 21.1. The van der Waals surface area contributed by atoms with Gasteiger partial charge in [-0.3, -0.25) is 23.5 Å². The minimum atomic E-state index is -4.64. The zero-order chi connectivity index (χ0) is 21.9. The first-order chi connectivity index (χ1) is 14.2. The second-order valence-electron chi connectivity index (χ2n) is 6.52. The lowest BCUT2D eigenvalue weighted by atomic mass is 10.1. The molecule has 1 aromatic heterocycles. The second-order valence-corrected chi connectivity index (χ2v) is 6.52. The number of amides is 1. The molecule has 0 saturated heterocycles. The number of para-hydroxylation sites is 1. The van der Waals surface area contributed by atoms with Gasteiger partial charge in [0.2, 0.25) is 5.91 Å². The number of aromatic nitrogens is 2. The number of halogens is 3. The predicted octanol–water partition coefficient (Wildman–Crippen LogP) is 3.22. The van der Waals surface area contributed by atoms with Crippen molar-refractivity contribution in [1.29, 1.82) is 0 Å². The summed E-state index contributed by atoms with van der Waals surface area (Å²) in [6.07, 6.45) is -1.31. The van der Waals surface area contributed by atoms with Crippen molar-refractivity contribution in [2.24, 2.45) is 0 Å². The number of anilines is 1. The molecule has 2 aromatic carbocycles. The van der Waals surface area contributed by atoms with E-state index < -0.39 is 41.0 Å². The summed E-state index contributed by atoms with van der Waals surface area (Å²) in [6.45, 7) is 1.35. The van der Waals surface area contributed by atoms with E-state index in [9.17, 15) is 27.6 Å². The summed E-state index contributed by atoms with van der Waals surface area (Å²) in [7, 11) is 0. The monoisotopic (exact) mass is 417 g/mol. The van der Waals surface area contributed by atoms with Crippen LogP contribution in [0.25, 0.3) is 5.69 Å². The molecule has 0 unspecified atom stereocenters. The first-order valence-electron chi connectivity index (χ1n) is 9.08. The molecule has 0 bridgehead atoms. The number of nitrogens with one attached hydrogen (secondary N) is 1. The number of benzene rings is 2. The van der Waals surface area contributed by atoms with Crippen LogP contribution in [0.15, 0.2) is 70.5 Å². The summed E-state index contributed by atoms with van der Waals surface area (Å²) >= 11 is 0. The van der Waals surface area contributed by atoms with Gasteiger partial charge in [-0.1, -0.05) is 31.2 Å². The van der Waals surface area contributed by atoms with Crippen LogP contribution in [0.4, 0.5) is 18.9 Å². The molecule has 1 amide bonds. The molecule has 1 N–H and O–H groups in total. The maximum atomic E-state index is 13.1. The zero-order valence-electron chi connectivity index (χ0n) is 15.9. The van der Waals surface area contributed by atoms with Crippen molar-refractivity contribution < 1.29 is 18.0 Å². The lowest BCUT2D eigenvalue weighted by Gasteiger charge is -2.14. The highest BCUT2D eigenvalue weighted by molar-refractivity contribution is 5.91. The van der Waals surface area contributed by atoms with Gasteiger partial charge in [0, 0.05) is 18.1 Å². The molecule has 1 heterocycles. The molecule has 3 rings (SSSR count). The average molecular weight is 417 g/mol. The molecule has 156 valence electrons. The Balaban J connectivity index is 1.85. The maximum absolute atomic E-state index is 13.1. The Hall–Kier alpha value is -3.62. The van der Waals surface area contributed by atoms with E-state index in [4.69, 9.17) is 0 Å². The van der Waals surface area contributed by atoms with Gasteiger partial charge in [0.25, 0.3) is 0 Å². The molecule has 0 aliphatic carbocycles. The van der Waals surface area contributed by atoms with Crippen LogP contribution in [0.3, 0.4) is 0 Å². The van der Waals surface area contributed by atoms with E-state index in [-0.39, 0.29) is 0 Å². The molecule has 0 aliphatic heterocycles. The fourth-order valence-electron chi connectivity index (χ4n) is 2.95. The number of carbonyl (C=O) groups is 1. The lowest BCUT2D eigenvalue weighted by Crippen LogP contribution is -2.41. The third-order valence-corrected chi connectivity index (χ3v) is 4.48. The van der Waals surface area contributed by atoms with Crippen LogP contribution in [-0.4, -0.2) is 15.0 Å². The van der Waals surface area contributed by atoms with Gasteiger partial charge >= 0.3 is 17.3 Å². The molecule has 0 atom stereocenters. The smallest absolute Gasteiger partial charge is 0.324 e. The number of carbonyl (C=O) groups excluding carboxylic acids is 1. The van der Waals surface area contributed by atoms with Gasteiger partial charge in [0.1, 0.15) is 6.54 Å². The minimum absolute atomic E-state index is 0.423. The van der Waals surface area contributed by atoms with E-state index in [2.05, 4.69) is 5.32 Å². The van der Waals surface area contributed by atoms with Gasteiger partial charge in [-0.25, -0.2) is 0 Å². The summed E-state index contributed by atoms with van der Waals surface area (Å²) in [5, 5.41) is 2.15. The fraction of sp³-hybridized carbons (Fsp3) is 0.190. The van der Waals surface area contributed by atoms with Gasteiger partial charge in [-0.2, -0.15) is 13.2 Å². The Bertz CT molecular complexity index is 1200. The van der Waals surface area contributed by atoms with Gasteiger partial charge in [-0.05, 0) is 36.2 Å². The first-order valence-corrected chi connectivity index (χ1v) is 9.08. The summed E-state index contributed by atoms with van der Waals surface area (Å²) in [5.41, 5.74) is -1.77. The lowest BCUT2D eigenvalue weighted by molar-refractivity contribution is -0.137.